The molecule has 1 aromatic heterocycles. The smallest absolute Gasteiger partial charge is 0.136 e. The Labute approximate surface area is 105 Å². The molecule has 0 saturated carbocycles. The Hall–Kier alpha value is -0.320. The van der Waals surface area contributed by atoms with Crippen LogP contribution in [0.3, 0.4) is 0 Å². The molecule has 0 amide bonds. The molecule has 1 aliphatic heterocycles. The first-order valence-corrected chi connectivity index (χ1v) is 6.78. The van der Waals surface area contributed by atoms with Crippen molar-refractivity contribution in [1.82, 2.24) is 9.97 Å². The van der Waals surface area contributed by atoms with E-state index < -0.39 is 0 Å². The highest BCUT2D eigenvalue weighted by Gasteiger charge is 2.17. The molecular weight excluding hydrogens is 244 g/mol. The quantitative estimate of drug-likeness (QED) is 0.617. The molecule has 1 atom stereocenters. The van der Waals surface area contributed by atoms with Crippen molar-refractivity contribution in [1.29, 1.82) is 0 Å². The predicted octanol–water partition coefficient (Wildman–Crippen LogP) is 3.02. The molecule has 2 rings (SSSR count). The lowest BCUT2D eigenvalue weighted by atomic mass is 10.3. The zero-order valence-electron chi connectivity index (χ0n) is 9.49. The molecule has 3 nitrogen and oxygen atoms in total. The molecule has 0 aromatic carbocycles. The molecule has 5 heteroatoms. The van der Waals surface area contributed by atoms with Crippen LogP contribution in [0.25, 0.3) is 0 Å². The third kappa shape index (κ3) is 2.87. The van der Waals surface area contributed by atoms with E-state index in [1.54, 1.807) is 11.8 Å². The topological polar surface area (TPSA) is 35.0 Å². The van der Waals surface area contributed by atoms with Gasteiger partial charge in [-0.25, -0.2) is 9.97 Å². The Kier molecular flexibility index (Phi) is 4.05. The van der Waals surface area contributed by atoms with Crippen molar-refractivity contribution in [3.63, 3.8) is 0 Å². The van der Waals surface area contributed by atoms with E-state index in [-0.39, 0.29) is 0 Å². The molecule has 16 heavy (non-hydrogen) atoms. The number of hydrogen-bond donors (Lipinski definition) is 0. The van der Waals surface area contributed by atoms with Crippen LogP contribution in [0.1, 0.15) is 24.2 Å². The van der Waals surface area contributed by atoms with Crippen LogP contribution in [0, 0.1) is 13.8 Å². The average Bonchev–Trinajstić information content (AvgIpc) is 2.74. The number of ether oxygens (including phenoxy) is 1. The minimum Gasteiger partial charge on any atom is -0.377 e. The minimum absolute atomic E-state index is 0.374. The van der Waals surface area contributed by atoms with Gasteiger partial charge in [-0.05, 0) is 26.7 Å². The van der Waals surface area contributed by atoms with Crippen molar-refractivity contribution in [2.24, 2.45) is 0 Å². The SMILES string of the molecule is Cc1nc(Cl)c(C)c(SCC2CCCO2)n1. The fraction of sp³-hybridized carbons (Fsp3) is 0.636. The third-order valence-corrected chi connectivity index (χ3v) is 4.16. The molecule has 0 N–H and O–H groups in total. The van der Waals surface area contributed by atoms with Gasteiger partial charge in [0.05, 0.1) is 6.10 Å². The second kappa shape index (κ2) is 5.34. The van der Waals surface area contributed by atoms with E-state index in [4.69, 9.17) is 16.3 Å². The van der Waals surface area contributed by atoms with Crippen LogP contribution < -0.4 is 0 Å². The molecule has 0 radical (unpaired) electrons. The maximum absolute atomic E-state index is 6.02. The summed E-state index contributed by atoms with van der Waals surface area (Å²) < 4.78 is 5.58. The molecule has 0 spiro atoms. The molecular formula is C11H15ClN2OS. The number of thioether (sulfide) groups is 1. The number of nitrogens with zero attached hydrogens (tertiary/aromatic N) is 2. The van der Waals surface area contributed by atoms with E-state index >= 15 is 0 Å². The molecule has 1 unspecified atom stereocenters. The van der Waals surface area contributed by atoms with E-state index in [1.807, 2.05) is 13.8 Å². The Bertz CT molecular complexity index is 380. The average molecular weight is 259 g/mol. The lowest BCUT2D eigenvalue weighted by molar-refractivity contribution is 0.129. The number of aryl methyl sites for hydroxylation is 1. The zero-order valence-corrected chi connectivity index (χ0v) is 11.1. The molecule has 1 aromatic rings. The monoisotopic (exact) mass is 258 g/mol. The van der Waals surface area contributed by atoms with Crippen LogP contribution in [0.15, 0.2) is 5.03 Å². The van der Waals surface area contributed by atoms with Crippen molar-refractivity contribution in [2.75, 3.05) is 12.4 Å². The van der Waals surface area contributed by atoms with Gasteiger partial charge in [-0.15, -0.1) is 11.8 Å². The first-order valence-electron chi connectivity index (χ1n) is 5.42. The van der Waals surface area contributed by atoms with Gasteiger partial charge in [-0.2, -0.15) is 0 Å². The Balaban J connectivity index is 2.02. The highest BCUT2D eigenvalue weighted by Crippen LogP contribution is 2.27. The van der Waals surface area contributed by atoms with Gasteiger partial charge >= 0.3 is 0 Å². The maximum Gasteiger partial charge on any atom is 0.136 e. The molecule has 88 valence electrons. The van der Waals surface area contributed by atoms with Crippen LogP contribution in [0.2, 0.25) is 5.15 Å². The van der Waals surface area contributed by atoms with Gasteiger partial charge in [0.25, 0.3) is 0 Å². The van der Waals surface area contributed by atoms with Crippen molar-refractivity contribution in [2.45, 2.75) is 37.8 Å². The van der Waals surface area contributed by atoms with Crippen LogP contribution in [-0.2, 0) is 4.74 Å². The normalized spacial score (nSPS) is 20.3. The number of halogens is 1. The Morgan fingerprint density at radius 2 is 2.25 bits per heavy atom. The summed E-state index contributed by atoms with van der Waals surface area (Å²) in [4.78, 5) is 8.53. The van der Waals surface area contributed by atoms with Gasteiger partial charge < -0.3 is 4.74 Å². The second-order valence-electron chi connectivity index (χ2n) is 3.94. The van der Waals surface area contributed by atoms with Crippen molar-refractivity contribution < 1.29 is 4.74 Å². The first-order chi connectivity index (χ1) is 7.66. The lowest BCUT2D eigenvalue weighted by Gasteiger charge is -2.10. The summed E-state index contributed by atoms with van der Waals surface area (Å²) in [5.74, 6) is 1.68. The zero-order chi connectivity index (χ0) is 11.5. The Morgan fingerprint density at radius 1 is 1.44 bits per heavy atom. The van der Waals surface area contributed by atoms with Crippen LogP contribution >= 0.6 is 23.4 Å². The maximum atomic E-state index is 6.02. The number of hydrogen-bond acceptors (Lipinski definition) is 4. The molecule has 1 aliphatic rings. The van der Waals surface area contributed by atoms with Crippen molar-refractivity contribution >= 4 is 23.4 Å². The predicted molar refractivity (Wildman–Crippen MR) is 66.2 cm³/mol. The fourth-order valence-corrected chi connectivity index (χ4v) is 3.04. The summed E-state index contributed by atoms with van der Waals surface area (Å²) in [6, 6.07) is 0. The van der Waals surface area contributed by atoms with Gasteiger partial charge in [-0.3, -0.25) is 0 Å². The summed E-state index contributed by atoms with van der Waals surface area (Å²) in [6.45, 7) is 4.72. The van der Waals surface area contributed by atoms with Crippen LogP contribution in [0.5, 0.6) is 0 Å². The fourth-order valence-electron chi connectivity index (χ4n) is 1.66. The standard InChI is InChI=1S/C11H15ClN2OS/c1-7-10(12)13-8(2)14-11(7)16-6-9-4-3-5-15-9/h9H,3-6H2,1-2H3. The molecule has 1 saturated heterocycles. The van der Waals surface area contributed by atoms with Gasteiger partial charge in [0.1, 0.15) is 16.0 Å². The van der Waals surface area contributed by atoms with Gasteiger partial charge in [0.2, 0.25) is 0 Å². The summed E-state index contributed by atoms with van der Waals surface area (Å²) in [7, 11) is 0. The lowest BCUT2D eigenvalue weighted by Crippen LogP contribution is -2.08. The van der Waals surface area contributed by atoms with E-state index in [0.29, 0.717) is 11.3 Å². The molecule has 0 aliphatic carbocycles. The molecule has 2 heterocycles. The Morgan fingerprint density at radius 3 is 2.94 bits per heavy atom. The van der Waals surface area contributed by atoms with Gasteiger partial charge in [-0.1, -0.05) is 11.6 Å². The van der Waals surface area contributed by atoms with Gasteiger partial charge in [0.15, 0.2) is 0 Å². The van der Waals surface area contributed by atoms with E-state index in [0.717, 1.165) is 35.2 Å². The van der Waals surface area contributed by atoms with Crippen molar-refractivity contribution in [3.05, 3.63) is 16.5 Å². The van der Waals surface area contributed by atoms with E-state index in [2.05, 4.69) is 9.97 Å². The first kappa shape index (κ1) is 12.1. The second-order valence-corrected chi connectivity index (χ2v) is 5.30. The minimum atomic E-state index is 0.374. The van der Waals surface area contributed by atoms with Gasteiger partial charge in [0, 0.05) is 17.9 Å². The summed E-state index contributed by atoms with van der Waals surface area (Å²) in [5, 5.41) is 1.54. The highest BCUT2D eigenvalue weighted by molar-refractivity contribution is 7.99. The summed E-state index contributed by atoms with van der Waals surface area (Å²) >= 11 is 7.73. The number of aromatic nitrogens is 2. The molecule has 0 bridgehead atoms. The molecule has 1 fully saturated rings. The van der Waals surface area contributed by atoms with E-state index in [1.165, 1.54) is 6.42 Å². The van der Waals surface area contributed by atoms with Crippen LogP contribution in [0.4, 0.5) is 0 Å². The largest absolute Gasteiger partial charge is 0.377 e. The highest BCUT2D eigenvalue weighted by atomic mass is 35.5. The van der Waals surface area contributed by atoms with E-state index in [9.17, 15) is 0 Å². The summed E-state index contributed by atoms with van der Waals surface area (Å²) in [5.41, 5.74) is 0.968. The van der Waals surface area contributed by atoms with Crippen molar-refractivity contribution in [3.8, 4) is 0 Å². The van der Waals surface area contributed by atoms with Crippen LogP contribution in [-0.4, -0.2) is 28.4 Å². The third-order valence-electron chi connectivity index (χ3n) is 2.58. The number of rotatable bonds is 3. The summed E-state index contributed by atoms with van der Waals surface area (Å²) in [6.07, 6.45) is 2.70.